The Labute approximate surface area is 220 Å². The van der Waals surface area contributed by atoms with Crippen LogP contribution in [-0.4, -0.2) is 76.5 Å². The first-order valence-corrected chi connectivity index (χ1v) is 12.0. The lowest BCUT2D eigenvalue weighted by Gasteiger charge is -2.25. The van der Waals surface area contributed by atoms with E-state index in [1.165, 1.54) is 0 Å². The quantitative estimate of drug-likeness (QED) is 0.0675. The number of nitrogens with one attached hydrogen (secondary N) is 3. The van der Waals surface area contributed by atoms with Gasteiger partial charge in [0.2, 0.25) is 17.7 Å². The van der Waals surface area contributed by atoms with Gasteiger partial charge in [-0.15, -0.1) is 0 Å². The number of nitrogens with two attached hydrogens (primary N) is 3. The lowest BCUT2D eigenvalue weighted by Crippen LogP contribution is -2.58. The van der Waals surface area contributed by atoms with Gasteiger partial charge in [0, 0.05) is 13.0 Å². The van der Waals surface area contributed by atoms with Crippen LogP contribution in [0.5, 0.6) is 0 Å². The maximum absolute atomic E-state index is 13.2. The number of hydrogen-bond donors (Lipinski definition) is 8. The largest absolute Gasteiger partial charge is 0.481 e. The molecule has 1 aromatic carbocycles. The molecular weight excluding hydrogens is 498 g/mol. The summed E-state index contributed by atoms with van der Waals surface area (Å²) in [5.41, 5.74) is 17.2. The molecule has 0 heterocycles. The van der Waals surface area contributed by atoms with E-state index in [4.69, 9.17) is 17.2 Å². The van der Waals surface area contributed by atoms with E-state index in [9.17, 15) is 34.2 Å². The minimum atomic E-state index is -1.59. The Bertz CT molecular complexity index is 997. The van der Waals surface area contributed by atoms with E-state index in [-0.39, 0.29) is 25.3 Å². The summed E-state index contributed by atoms with van der Waals surface area (Å²) in [6.07, 6.45) is -0.162. The average Bonchev–Trinajstić information content (AvgIpc) is 2.83. The van der Waals surface area contributed by atoms with Crippen LogP contribution in [0.2, 0.25) is 0 Å². The maximum atomic E-state index is 13.2. The highest BCUT2D eigenvalue weighted by Gasteiger charge is 2.32. The monoisotopic (exact) mass is 535 g/mol. The van der Waals surface area contributed by atoms with E-state index < -0.39 is 66.2 Å². The van der Waals surface area contributed by atoms with E-state index in [0.717, 1.165) is 0 Å². The van der Waals surface area contributed by atoms with Crippen LogP contribution in [0.3, 0.4) is 0 Å². The Balaban J connectivity index is 3.06. The van der Waals surface area contributed by atoms with Crippen LogP contribution in [0.1, 0.15) is 38.7 Å². The molecule has 1 rings (SSSR count). The lowest BCUT2D eigenvalue weighted by molar-refractivity contribution is -0.144. The zero-order valence-corrected chi connectivity index (χ0v) is 21.4. The predicted molar refractivity (Wildman–Crippen MR) is 139 cm³/mol. The summed E-state index contributed by atoms with van der Waals surface area (Å²) in [5, 5.41) is 25.8. The molecule has 0 bridgehead atoms. The van der Waals surface area contributed by atoms with Crippen molar-refractivity contribution in [1.82, 2.24) is 16.0 Å². The molecule has 0 radical (unpaired) electrons. The van der Waals surface area contributed by atoms with Gasteiger partial charge < -0.3 is 43.4 Å². The molecule has 0 saturated heterocycles. The summed E-state index contributed by atoms with van der Waals surface area (Å²) in [5.74, 6) is -5.77. The fourth-order valence-corrected chi connectivity index (χ4v) is 3.41. The van der Waals surface area contributed by atoms with Crippen molar-refractivity contribution in [2.45, 2.75) is 63.7 Å². The molecule has 14 nitrogen and oxygen atoms in total. The highest BCUT2D eigenvalue weighted by atomic mass is 16.4. The van der Waals surface area contributed by atoms with Crippen molar-refractivity contribution in [3.63, 3.8) is 0 Å². The highest BCUT2D eigenvalue weighted by molar-refractivity contribution is 5.95. The van der Waals surface area contributed by atoms with Gasteiger partial charge in [0.1, 0.15) is 18.1 Å². The molecule has 0 aromatic heterocycles. The Hall–Kier alpha value is -4.20. The van der Waals surface area contributed by atoms with Crippen molar-refractivity contribution in [2.24, 2.45) is 28.1 Å². The molecule has 0 aliphatic rings. The summed E-state index contributed by atoms with van der Waals surface area (Å²) < 4.78 is 0. The number of hydrogen-bond acceptors (Lipinski definition) is 7. The third-order valence-electron chi connectivity index (χ3n) is 5.46. The number of amides is 3. The number of aliphatic carboxylic acids is 2. The Morgan fingerprint density at radius 3 is 2.00 bits per heavy atom. The average molecular weight is 536 g/mol. The van der Waals surface area contributed by atoms with Gasteiger partial charge in [-0.05, 0) is 24.3 Å². The fraction of sp³-hybridized carbons (Fsp3) is 0.500. The zero-order valence-electron chi connectivity index (χ0n) is 21.4. The van der Waals surface area contributed by atoms with Crippen molar-refractivity contribution >= 4 is 35.6 Å². The van der Waals surface area contributed by atoms with Crippen molar-refractivity contribution in [1.29, 1.82) is 0 Å². The van der Waals surface area contributed by atoms with Gasteiger partial charge in [0.25, 0.3) is 0 Å². The Kier molecular flexibility index (Phi) is 13.2. The Morgan fingerprint density at radius 2 is 1.47 bits per heavy atom. The van der Waals surface area contributed by atoms with Crippen molar-refractivity contribution < 1.29 is 34.2 Å². The number of aliphatic imine (C=N–C) groups is 1. The second-order valence-electron chi connectivity index (χ2n) is 9.03. The molecule has 210 valence electrons. The number of guanidine groups is 1. The summed E-state index contributed by atoms with van der Waals surface area (Å²) in [4.78, 5) is 65.3. The van der Waals surface area contributed by atoms with Gasteiger partial charge in [0.05, 0.1) is 12.5 Å². The van der Waals surface area contributed by atoms with Gasteiger partial charge in [-0.3, -0.25) is 24.2 Å². The van der Waals surface area contributed by atoms with E-state index in [1.54, 1.807) is 44.2 Å². The molecule has 0 aliphatic carbocycles. The van der Waals surface area contributed by atoms with Crippen molar-refractivity contribution in [3.8, 4) is 0 Å². The van der Waals surface area contributed by atoms with Crippen LogP contribution in [0.15, 0.2) is 35.3 Å². The number of carboxylic acid groups (broad SMARTS) is 2. The summed E-state index contributed by atoms with van der Waals surface area (Å²) >= 11 is 0. The standard InChI is InChI=1S/C24H37N7O7/c1-13(2)19(23(37)38)31-22(36)17(12-18(32)33)30-21(35)16(11-14-7-4-3-5-8-14)29-20(34)15(25)9-6-10-28-24(26)27/h3-5,7-8,13,15-17,19H,6,9-12,25H2,1-2H3,(H,29,34)(H,30,35)(H,31,36)(H,32,33)(H,37,38)(H4,26,27,28). The molecule has 0 aliphatic heterocycles. The first-order valence-electron chi connectivity index (χ1n) is 12.0. The Morgan fingerprint density at radius 1 is 0.895 bits per heavy atom. The molecule has 4 unspecified atom stereocenters. The van der Waals surface area contributed by atoms with Gasteiger partial charge in [-0.1, -0.05) is 44.2 Å². The van der Waals surface area contributed by atoms with E-state index in [2.05, 4.69) is 20.9 Å². The molecule has 0 saturated carbocycles. The van der Waals surface area contributed by atoms with E-state index >= 15 is 0 Å². The second kappa shape index (κ2) is 15.8. The normalized spacial score (nSPS) is 13.9. The molecule has 4 atom stereocenters. The van der Waals surface area contributed by atoms with E-state index in [1.807, 2.05) is 0 Å². The van der Waals surface area contributed by atoms with Gasteiger partial charge in [-0.2, -0.15) is 0 Å². The predicted octanol–water partition coefficient (Wildman–Crippen LogP) is -1.72. The van der Waals surface area contributed by atoms with E-state index in [0.29, 0.717) is 12.0 Å². The number of carbonyl (C=O) groups is 5. The maximum Gasteiger partial charge on any atom is 0.326 e. The molecule has 1 aromatic rings. The number of benzene rings is 1. The van der Waals surface area contributed by atoms with Crippen LogP contribution < -0.4 is 33.2 Å². The minimum absolute atomic E-state index is 0.0181. The number of carboxylic acids is 2. The van der Waals surface area contributed by atoms with Crippen LogP contribution in [-0.2, 0) is 30.4 Å². The van der Waals surface area contributed by atoms with Gasteiger partial charge in [-0.25, -0.2) is 4.79 Å². The zero-order chi connectivity index (χ0) is 28.8. The number of nitrogens with zero attached hydrogens (tertiary/aromatic N) is 1. The SMILES string of the molecule is CC(C)C(NC(=O)C(CC(=O)O)NC(=O)C(Cc1ccccc1)NC(=O)C(N)CCCN=C(N)N)C(=O)O. The van der Waals surface area contributed by atoms with Crippen LogP contribution in [0, 0.1) is 5.92 Å². The second-order valence-corrected chi connectivity index (χ2v) is 9.03. The first kappa shape index (κ1) is 31.8. The van der Waals surface area contributed by atoms with Gasteiger partial charge >= 0.3 is 11.9 Å². The van der Waals surface area contributed by atoms with Crippen molar-refractivity contribution in [3.05, 3.63) is 35.9 Å². The molecule has 38 heavy (non-hydrogen) atoms. The van der Waals surface area contributed by atoms with Crippen molar-refractivity contribution in [2.75, 3.05) is 6.54 Å². The fourth-order valence-electron chi connectivity index (χ4n) is 3.41. The molecule has 3 amide bonds. The minimum Gasteiger partial charge on any atom is -0.481 e. The van der Waals surface area contributed by atoms with Crippen LogP contribution in [0.25, 0.3) is 0 Å². The first-order chi connectivity index (χ1) is 17.8. The molecular formula is C24H37N7O7. The van der Waals surface area contributed by atoms with Gasteiger partial charge in [0.15, 0.2) is 5.96 Å². The van der Waals surface area contributed by atoms with Crippen LogP contribution >= 0.6 is 0 Å². The smallest absolute Gasteiger partial charge is 0.326 e. The summed E-state index contributed by atoms with van der Waals surface area (Å²) in [7, 11) is 0. The summed E-state index contributed by atoms with van der Waals surface area (Å²) in [6.45, 7) is 3.39. The highest BCUT2D eigenvalue weighted by Crippen LogP contribution is 2.07. The third kappa shape index (κ3) is 11.7. The molecule has 0 spiro atoms. The third-order valence-corrected chi connectivity index (χ3v) is 5.46. The molecule has 11 N–H and O–H groups in total. The van der Waals surface area contributed by atoms with Crippen LogP contribution in [0.4, 0.5) is 0 Å². The number of rotatable bonds is 16. The summed E-state index contributed by atoms with van der Waals surface area (Å²) in [6, 6.07) is 3.60. The number of carbonyl (C=O) groups excluding carboxylic acids is 3. The molecule has 14 heteroatoms. The molecule has 0 fully saturated rings. The topological polar surface area (TPSA) is 252 Å². The lowest BCUT2D eigenvalue weighted by atomic mass is 10.0.